The molecule has 3 nitrogen and oxygen atoms in total. The van der Waals surface area contributed by atoms with Crippen LogP contribution in [0, 0.1) is 17.7 Å². The third-order valence-electron chi connectivity index (χ3n) is 4.29. The van der Waals surface area contributed by atoms with Gasteiger partial charge in [-0.25, -0.2) is 4.39 Å². The molecule has 110 valence electrons. The maximum atomic E-state index is 12.9. The summed E-state index contributed by atoms with van der Waals surface area (Å²) in [5.41, 5.74) is 1.07. The lowest BCUT2D eigenvalue weighted by molar-refractivity contribution is 0.566. The lowest BCUT2D eigenvalue weighted by Gasteiger charge is -2.15. The smallest absolute Gasteiger partial charge is 0.205 e. The van der Waals surface area contributed by atoms with E-state index in [1.54, 1.807) is 23.5 Å². The Balaban J connectivity index is 1.41. The van der Waals surface area contributed by atoms with E-state index in [0.29, 0.717) is 6.04 Å². The molecule has 0 amide bonds. The first-order valence-corrected chi connectivity index (χ1v) is 8.43. The van der Waals surface area contributed by atoms with Crippen LogP contribution in [0.4, 0.5) is 9.52 Å². The fourth-order valence-electron chi connectivity index (χ4n) is 2.83. The highest BCUT2D eigenvalue weighted by Crippen LogP contribution is 2.46. The zero-order valence-electron chi connectivity index (χ0n) is 11.8. The quantitative estimate of drug-likeness (QED) is 0.880. The van der Waals surface area contributed by atoms with Crippen LogP contribution in [0.5, 0.6) is 0 Å². The Labute approximate surface area is 127 Å². The van der Waals surface area contributed by atoms with Gasteiger partial charge in [-0.3, -0.25) is 0 Å². The molecule has 1 aromatic carbocycles. The first kappa shape index (κ1) is 13.2. The van der Waals surface area contributed by atoms with Gasteiger partial charge < -0.3 is 5.32 Å². The zero-order chi connectivity index (χ0) is 14.2. The van der Waals surface area contributed by atoms with Crippen LogP contribution in [0.3, 0.4) is 0 Å². The first-order valence-electron chi connectivity index (χ1n) is 7.61. The number of nitrogens with zero attached hydrogens (tertiary/aromatic N) is 2. The number of halogens is 1. The number of anilines is 1. The Morgan fingerprint density at radius 2 is 1.76 bits per heavy atom. The molecule has 1 heterocycles. The predicted octanol–water partition coefficient (Wildman–Crippen LogP) is 3.87. The fraction of sp³-hybridized carbons (Fsp3) is 0.500. The van der Waals surface area contributed by atoms with Gasteiger partial charge in [0.1, 0.15) is 10.8 Å². The van der Waals surface area contributed by atoms with Crippen LogP contribution >= 0.6 is 11.3 Å². The normalized spacial score (nSPS) is 18.2. The average Bonchev–Trinajstić information content (AvgIpc) is 3.39. The van der Waals surface area contributed by atoms with Gasteiger partial charge in [0.15, 0.2) is 0 Å². The van der Waals surface area contributed by atoms with Gasteiger partial charge in [-0.15, -0.1) is 10.2 Å². The van der Waals surface area contributed by atoms with Crippen molar-refractivity contribution in [3.63, 3.8) is 0 Å². The molecule has 0 radical (unpaired) electrons. The van der Waals surface area contributed by atoms with Gasteiger partial charge in [-0.05, 0) is 55.2 Å². The molecular weight excluding hydrogens is 285 g/mol. The van der Waals surface area contributed by atoms with E-state index in [-0.39, 0.29) is 5.82 Å². The lowest BCUT2D eigenvalue weighted by atomic mass is 10.1. The lowest BCUT2D eigenvalue weighted by Crippen LogP contribution is -2.24. The summed E-state index contributed by atoms with van der Waals surface area (Å²) in [5.74, 6) is 1.50. The third kappa shape index (κ3) is 3.23. The number of hydrogen-bond donors (Lipinski definition) is 1. The summed E-state index contributed by atoms with van der Waals surface area (Å²) in [6.07, 6.45) is 6.15. The van der Waals surface area contributed by atoms with Crippen molar-refractivity contribution in [2.45, 2.75) is 38.1 Å². The first-order chi connectivity index (χ1) is 10.3. The van der Waals surface area contributed by atoms with Crippen molar-refractivity contribution in [1.29, 1.82) is 0 Å². The molecular formula is C16H18FN3S. The molecule has 2 fully saturated rings. The minimum Gasteiger partial charge on any atom is -0.357 e. The Hall–Kier alpha value is -1.49. The summed E-state index contributed by atoms with van der Waals surface area (Å²) >= 11 is 1.62. The molecule has 0 atom stereocenters. The maximum absolute atomic E-state index is 12.9. The second kappa shape index (κ2) is 5.37. The van der Waals surface area contributed by atoms with Gasteiger partial charge >= 0.3 is 0 Å². The minimum atomic E-state index is -0.199. The molecule has 0 aliphatic heterocycles. The standard InChI is InChI=1S/C16H18FN3S/c17-13-7-1-10(2-8-13)9-14-19-20-16(21-14)18-15(11-3-4-11)12-5-6-12/h1-2,7-8,11-12,15H,3-6,9H2,(H,18,20). The fourth-order valence-corrected chi connectivity index (χ4v) is 3.65. The van der Waals surface area contributed by atoms with E-state index in [0.717, 1.165) is 34.0 Å². The largest absolute Gasteiger partial charge is 0.357 e. The van der Waals surface area contributed by atoms with E-state index in [1.165, 1.54) is 37.8 Å². The van der Waals surface area contributed by atoms with Crippen LogP contribution in [0.2, 0.25) is 0 Å². The van der Waals surface area contributed by atoms with Crippen molar-refractivity contribution >= 4 is 16.5 Å². The van der Waals surface area contributed by atoms with Gasteiger partial charge in [0.05, 0.1) is 0 Å². The summed E-state index contributed by atoms with van der Waals surface area (Å²) in [6, 6.07) is 7.20. The van der Waals surface area contributed by atoms with Crippen LogP contribution in [0.15, 0.2) is 24.3 Å². The van der Waals surface area contributed by atoms with Crippen molar-refractivity contribution in [3.05, 3.63) is 40.7 Å². The van der Waals surface area contributed by atoms with Crippen molar-refractivity contribution in [2.24, 2.45) is 11.8 Å². The molecule has 0 bridgehead atoms. The van der Waals surface area contributed by atoms with E-state index >= 15 is 0 Å². The Kier molecular flexibility index (Phi) is 3.37. The minimum absolute atomic E-state index is 0.199. The van der Waals surface area contributed by atoms with Gasteiger partial charge in [0, 0.05) is 12.5 Å². The molecule has 1 aromatic heterocycles. The number of nitrogens with one attached hydrogen (secondary N) is 1. The summed E-state index contributed by atoms with van der Waals surface area (Å²) in [5, 5.41) is 14.1. The molecule has 4 rings (SSSR count). The highest BCUT2D eigenvalue weighted by Gasteiger charge is 2.41. The molecule has 2 aromatic rings. The van der Waals surface area contributed by atoms with Crippen LogP contribution in [0.25, 0.3) is 0 Å². The molecule has 1 N–H and O–H groups in total. The van der Waals surface area contributed by atoms with Crippen molar-refractivity contribution < 1.29 is 4.39 Å². The topological polar surface area (TPSA) is 37.8 Å². The summed E-state index contributed by atoms with van der Waals surface area (Å²) in [6.45, 7) is 0. The third-order valence-corrected chi connectivity index (χ3v) is 5.14. The Bertz CT molecular complexity index is 605. The van der Waals surface area contributed by atoms with E-state index < -0.39 is 0 Å². The molecule has 2 aliphatic carbocycles. The van der Waals surface area contributed by atoms with Crippen molar-refractivity contribution in [3.8, 4) is 0 Å². The summed E-state index contributed by atoms with van der Waals surface area (Å²) < 4.78 is 12.9. The SMILES string of the molecule is Fc1ccc(Cc2nnc(NC(C3CC3)C3CC3)s2)cc1. The Morgan fingerprint density at radius 3 is 2.38 bits per heavy atom. The van der Waals surface area contributed by atoms with E-state index in [4.69, 9.17) is 0 Å². The highest BCUT2D eigenvalue weighted by atomic mass is 32.1. The van der Waals surface area contributed by atoms with Gasteiger partial charge in [0.25, 0.3) is 0 Å². The van der Waals surface area contributed by atoms with Crippen LogP contribution < -0.4 is 5.32 Å². The van der Waals surface area contributed by atoms with Gasteiger partial charge in [0.2, 0.25) is 5.13 Å². The molecule has 0 saturated heterocycles. The number of aromatic nitrogens is 2. The van der Waals surface area contributed by atoms with Gasteiger partial charge in [-0.1, -0.05) is 23.5 Å². The average molecular weight is 303 g/mol. The number of hydrogen-bond acceptors (Lipinski definition) is 4. The van der Waals surface area contributed by atoms with Crippen LogP contribution in [0.1, 0.15) is 36.3 Å². The second-order valence-corrected chi connectivity index (χ2v) is 7.21. The summed E-state index contributed by atoms with van der Waals surface area (Å²) in [7, 11) is 0. The van der Waals surface area contributed by atoms with Crippen molar-refractivity contribution in [2.75, 3.05) is 5.32 Å². The second-order valence-electron chi connectivity index (χ2n) is 6.15. The molecule has 2 aliphatic rings. The van der Waals surface area contributed by atoms with E-state index in [1.807, 2.05) is 0 Å². The molecule has 0 unspecified atom stereocenters. The predicted molar refractivity (Wildman–Crippen MR) is 82.0 cm³/mol. The monoisotopic (exact) mass is 303 g/mol. The molecule has 0 spiro atoms. The molecule has 21 heavy (non-hydrogen) atoms. The molecule has 5 heteroatoms. The number of rotatable bonds is 6. The zero-order valence-corrected chi connectivity index (χ0v) is 12.6. The van der Waals surface area contributed by atoms with Crippen LogP contribution in [-0.4, -0.2) is 16.2 Å². The maximum Gasteiger partial charge on any atom is 0.205 e. The van der Waals surface area contributed by atoms with Gasteiger partial charge in [-0.2, -0.15) is 0 Å². The molecule has 2 saturated carbocycles. The highest BCUT2D eigenvalue weighted by molar-refractivity contribution is 7.15. The number of benzene rings is 1. The Morgan fingerprint density at radius 1 is 1.10 bits per heavy atom. The van der Waals surface area contributed by atoms with E-state index in [9.17, 15) is 4.39 Å². The van der Waals surface area contributed by atoms with Crippen molar-refractivity contribution in [1.82, 2.24) is 10.2 Å². The van der Waals surface area contributed by atoms with E-state index in [2.05, 4.69) is 15.5 Å². The van der Waals surface area contributed by atoms with Crippen LogP contribution in [-0.2, 0) is 6.42 Å². The summed E-state index contributed by atoms with van der Waals surface area (Å²) in [4.78, 5) is 0.